The van der Waals surface area contributed by atoms with E-state index in [1.807, 2.05) is 43.3 Å². The van der Waals surface area contributed by atoms with Crippen molar-refractivity contribution in [1.29, 1.82) is 5.26 Å². The normalized spacial score (nSPS) is 11.9. The Morgan fingerprint density at radius 3 is 2.44 bits per heavy atom. The summed E-state index contributed by atoms with van der Waals surface area (Å²) in [6, 6.07) is 15.6. The van der Waals surface area contributed by atoms with Gasteiger partial charge in [-0.15, -0.1) is 0 Å². The first-order valence-corrected chi connectivity index (χ1v) is 7.86. The smallest absolute Gasteiger partial charge is 0.339 e. The number of aliphatic carboxylic acids is 1. The average molecular weight is 333 g/mol. The summed E-state index contributed by atoms with van der Waals surface area (Å²) >= 11 is 0. The van der Waals surface area contributed by atoms with E-state index in [0.717, 1.165) is 22.3 Å². The third-order valence-electron chi connectivity index (χ3n) is 3.90. The summed E-state index contributed by atoms with van der Waals surface area (Å²) in [7, 11) is 0. The Bertz CT molecular complexity index is 887. The minimum absolute atomic E-state index is 0.147. The van der Waals surface area contributed by atoms with Crippen molar-refractivity contribution in [3.8, 4) is 17.2 Å². The summed E-state index contributed by atoms with van der Waals surface area (Å²) in [4.78, 5) is 11.2. The standard InChI is InChI=1S/C21H19NO3/c1-3-19(23)18(21(24)25)10-9-15-11-14(2)20(17(12-15)13-22)16-7-5-4-6-8-16/h3-8,10-12,23H,9H2,1-2H3,(H,24,25)/b18-10+,19-3+. The Morgan fingerprint density at radius 2 is 1.88 bits per heavy atom. The van der Waals surface area contributed by atoms with Crippen LogP contribution in [0.25, 0.3) is 11.1 Å². The van der Waals surface area contributed by atoms with Crippen LogP contribution in [-0.4, -0.2) is 16.2 Å². The first-order chi connectivity index (χ1) is 12.0. The number of hydrogen-bond acceptors (Lipinski definition) is 3. The van der Waals surface area contributed by atoms with Crippen LogP contribution in [0.15, 0.2) is 65.9 Å². The highest BCUT2D eigenvalue weighted by Gasteiger charge is 2.13. The maximum absolute atomic E-state index is 11.2. The van der Waals surface area contributed by atoms with E-state index in [4.69, 9.17) is 0 Å². The summed E-state index contributed by atoms with van der Waals surface area (Å²) in [5.74, 6) is -1.46. The molecule has 0 heterocycles. The lowest BCUT2D eigenvalue weighted by Gasteiger charge is -2.11. The monoisotopic (exact) mass is 333 g/mol. The fraction of sp³-hybridized carbons (Fsp3) is 0.143. The number of aliphatic hydroxyl groups excluding tert-OH is 1. The minimum atomic E-state index is -1.19. The molecule has 0 saturated heterocycles. The highest BCUT2D eigenvalue weighted by Crippen LogP contribution is 2.28. The maximum atomic E-state index is 11.2. The van der Waals surface area contributed by atoms with Gasteiger partial charge in [0.1, 0.15) is 5.76 Å². The lowest BCUT2D eigenvalue weighted by molar-refractivity contribution is -0.132. The molecule has 0 aromatic heterocycles. The highest BCUT2D eigenvalue weighted by molar-refractivity contribution is 5.90. The fourth-order valence-electron chi connectivity index (χ4n) is 2.73. The van der Waals surface area contributed by atoms with Crippen LogP contribution in [0.3, 0.4) is 0 Å². The summed E-state index contributed by atoms with van der Waals surface area (Å²) in [5.41, 5.74) is 4.01. The molecule has 126 valence electrons. The van der Waals surface area contributed by atoms with Gasteiger partial charge in [-0.1, -0.05) is 42.5 Å². The molecule has 0 amide bonds. The summed E-state index contributed by atoms with van der Waals surface area (Å²) in [6.07, 6.45) is 3.10. The summed E-state index contributed by atoms with van der Waals surface area (Å²) < 4.78 is 0. The Hall–Kier alpha value is -3.32. The van der Waals surface area contributed by atoms with Gasteiger partial charge in [0.15, 0.2) is 0 Å². The number of carboxylic acid groups (broad SMARTS) is 1. The van der Waals surface area contributed by atoms with Crippen molar-refractivity contribution in [2.75, 3.05) is 0 Å². The SMILES string of the molecule is C/C=C(O)\C(=C/Cc1cc(C)c(-c2ccccc2)c(C#N)c1)C(=O)O. The second kappa shape index (κ2) is 7.98. The van der Waals surface area contributed by atoms with Gasteiger partial charge in [0.05, 0.1) is 17.2 Å². The molecule has 4 nitrogen and oxygen atoms in total. The van der Waals surface area contributed by atoms with Gasteiger partial charge >= 0.3 is 5.97 Å². The molecule has 4 heteroatoms. The number of benzene rings is 2. The van der Waals surface area contributed by atoms with Crippen molar-refractivity contribution in [1.82, 2.24) is 0 Å². The number of aryl methyl sites for hydroxylation is 1. The second-order valence-corrected chi connectivity index (χ2v) is 5.61. The van der Waals surface area contributed by atoms with Crippen LogP contribution < -0.4 is 0 Å². The van der Waals surface area contributed by atoms with Crippen LogP contribution in [0.5, 0.6) is 0 Å². The number of allylic oxidation sites excluding steroid dienone is 2. The summed E-state index contributed by atoms with van der Waals surface area (Å²) in [5, 5.41) is 28.4. The zero-order chi connectivity index (χ0) is 18.4. The van der Waals surface area contributed by atoms with E-state index >= 15 is 0 Å². The van der Waals surface area contributed by atoms with Crippen molar-refractivity contribution in [2.45, 2.75) is 20.3 Å². The van der Waals surface area contributed by atoms with Crippen molar-refractivity contribution in [2.24, 2.45) is 0 Å². The molecule has 0 saturated carbocycles. The molecular weight excluding hydrogens is 314 g/mol. The first-order valence-electron chi connectivity index (χ1n) is 7.86. The molecule has 0 fully saturated rings. The Labute approximate surface area is 147 Å². The molecule has 2 N–H and O–H groups in total. The van der Waals surface area contributed by atoms with Crippen molar-refractivity contribution in [3.63, 3.8) is 0 Å². The summed E-state index contributed by atoms with van der Waals surface area (Å²) in [6.45, 7) is 3.50. The molecule has 25 heavy (non-hydrogen) atoms. The number of rotatable bonds is 5. The molecule has 2 rings (SSSR count). The first kappa shape index (κ1) is 18.0. The number of carbonyl (C=O) groups is 1. The third kappa shape index (κ3) is 4.15. The zero-order valence-electron chi connectivity index (χ0n) is 14.2. The van der Waals surface area contributed by atoms with E-state index in [1.54, 1.807) is 13.0 Å². The van der Waals surface area contributed by atoms with Crippen LogP contribution in [-0.2, 0) is 11.2 Å². The van der Waals surface area contributed by atoms with E-state index < -0.39 is 5.97 Å². The van der Waals surface area contributed by atoms with Crippen molar-refractivity contribution in [3.05, 3.63) is 82.6 Å². The molecular formula is C21H19NO3. The predicted molar refractivity (Wildman–Crippen MR) is 97.1 cm³/mol. The molecule has 0 spiro atoms. The molecule has 0 radical (unpaired) electrons. The lowest BCUT2D eigenvalue weighted by atomic mass is 9.92. The van der Waals surface area contributed by atoms with Gasteiger partial charge in [-0.2, -0.15) is 5.26 Å². The van der Waals surface area contributed by atoms with Crippen LogP contribution in [0, 0.1) is 18.3 Å². The van der Waals surface area contributed by atoms with Gasteiger partial charge in [0.2, 0.25) is 0 Å². The maximum Gasteiger partial charge on any atom is 0.339 e. The highest BCUT2D eigenvalue weighted by atomic mass is 16.4. The topological polar surface area (TPSA) is 81.3 Å². The van der Waals surface area contributed by atoms with Crippen LogP contribution in [0.4, 0.5) is 0 Å². The zero-order valence-corrected chi connectivity index (χ0v) is 14.2. The van der Waals surface area contributed by atoms with E-state index in [1.165, 1.54) is 12.2 Å². The van der Waals surface area contributed by atoms with E-state index in [-0.39, 0.29) is 11.3 Å². The Balaban J connectivity index is 2.44. The Kier molecular flexibility index (Phi) is 5.75. The number of aliphatic hydroxyl groups is 1. The Morgan fingerprint density at radius 1 is 1.20 bits per heavy atom. The van der Waals surface area contributed by atoms with Crippen LogP contribution >= 0.6 is 0 Å². The van der Waals surface area contributed by atoms with Gasteiger partial charge in [-0.05, 0) is 49.1 Å². The largest absolute Gasteiger partial charge is 0.507 e. The molecule has 0 atom stereocenters. The fourth-order valence-corrected chi connectivity index (χ4v) is 2.73. The van der Waals surface area contributed by atoms with Gasteiger partial charge in [-0.3, -0.25) is 0 Å². The van der Waals surface area contributed by atoms with Crippen LogP contribution in [0.2, 0.25) is 0 Å². The van der Waals surface area contributed by atoms with Gasteiger partial charge in [0.25, 0.3) is 0 Å². The van der Waals surface area contributed by atoms with Crippen molar-refractivity contribution >= 4 is 5.97 Å². The van der Waals surface area contributed by atoms with E-state index in [2.05, 4.69) is 6.07 Å². The third-order valence-corrected chi connectivity index (χ3v) is 3.90. The second-order valence-electron chi connectivity index (χ2n) is 5.61. The van der Waals surface area contributed by atoms with Crippen LogP contribution in [0.1, 0.15) is 23.6 Å². The van der Waals surface area contributed by atoms with E-state index in [0.29, 0.717) is 12.0 Å². The number of carboxylic acids is 1. The van der Waals surface area contributed by atoms with Crippen molar-refractivity contribution < 1.29 is 15.0 Å². The lowest BCUT2D eigenvalue weighted by Crippen LogP contribution is -2.04. The quantitative estimate of drug-likeness (QED) is 0.478. The van der Waals surface area contributed by atoms with E-state index in [9.17, 15) is 20.3 Å². The van der Waals surface area contributed by atoms with Gasteiger partial charge < -0.3 is 10.2 Å². The number of nitrogens with zero attached hydrogens (tertiary/aromatic N) is 1. The molecule has 0 bridgehead atoms. The molecule has 2 aromatic carbocycles. The molecule has 0 unspecified atom stereocenters. The molecule has 0 aliphatic rings. The van der Waals surface area contributed by atoms with Gasteiger partial charge in [-0.25, -0.2) is 4.79 Å². The average Bonchev–Trinajstić information content (AvgIpc) is 2.61. The predicted octanol–water partition coefficient (Wildman–Crippen LogP) is 4.55. The molecule has 2 aromatic rings. The van der Waals surface area contributed by atoms with Gasteiger partial charge in [0, 0.05) is 5.56 Å². The minimum Gasteiger partial charge on any atom is -0.507 e. The number of hydrogen-bond donors (Lipinski definition) is 2. The number of nitriles is 1. The molecule has 0 aliphatic carbocycles. The molecule has 0 aliphatic heterocycles.